The lowest BCUT2D eigenvalue weighted by atomic mass is 10.1. The van der Waals surface area contributed by atoms with Crippen molar-refractivity contribution in [1.82, 2.24) is 4.98 Å². The number of nitrogens with zero attached hydrogens (tertiary/aromatic N) is 1. The number of hydrogen-bond acceptors (Lipinski definition) is 2. The van der Waals surface area contributed by atoms with E-state index in [9.17, 15) is 0 Å². The summed E-state index contributed by atoms with van der Waals surface area (Å²) in [6, 6.07) is 5.65. The van der Waals surface area contributed by atoms with Crippen molar-refractivity contribution in [2.45, 2.75) is 19.8 Å². The average molecular weight is 269 g/mol. The second kappa shape index (κ2) is 4.71. The second-order valence-electron chi connectivity index (χ2n) is 4.28. The highest BCUT2D eigenvalue weighted by Crippen LogP contribution is 2.33. The van der Waals surface area contributed by atoms with Crippen LogP contribution in [0.25, 0.3) is 10.9 Å². The molecule has 1 aromatic heterocycles. The standard InChI is InChI=1S/C13H14Cl2N2/c1-7(2)11-6-12(16-3)9-4-8(14)5-10(15)13(9)17-11/h4-7H,1-3H3,(H,16,17). The fourth-order valence-corrected chi connectivity index (χ4v) is 2.31. The van der Waals surface area contributed by atoms with Gasteiger partial charge in [-0.1, -0.05) is 37.0 Å². The minimum absolute atomic E-state index is 0.359. The first kappa shape index (κ1) is 12.5. The van der Waals surface area contributed by atoms with Gasteiger partial charge in [-0.3, -0.25) is 4.98 Å². The molecule has 1 heterocycles. The lowest BCUT2D eigenvalue weighted by Crippen LogP contribution is -1.98. The van der Waals surface area contributed by atoms with Gasteiger partial charge in [-0.2, -0.15) is 0 Å². The third-order valence-corrected chi connectivity index (χ3v) is 3.22. The van der Waals surface area contributed by atoms with Crippen LogP contribution in [0, 0.1) is 0 Å². The van der Waals surface area contributed by atoms with Gasteiger partial charge in [0.25, 0.3) is 0 Å². The fraction of sp³-hybridized carbons (Fsp3) is 0.308. The van der Waals surface area contributed by atoms with E-state index in [-0.39, 0.29) is 0 Å². The monoisotopic (exact) mass is 268 g/mol. The first-order valence-electron chi connectivity index (χ1n) is 5.50. The van der Waals surface area contributed by atoms with Gasteiger partial charge in [0.05, 0.1) is 10.5 Å². The Morgan fingerprint density at radius 1 is 1.18 bits per heavy atom. The molecular formula is C13H14Cl2N2. The van der Waals surface area contributed by atoms with E-state index in [1.54, 1.807) is 6.07 Å². The molecule has 0 amide bonds. The molecule has 4 heteroatoms. The van der Waals surface area contributed by atoms with Gasteiger partial charge in [0, 0.05) is 28.8 Å². The number of pyridine rings is 1. The summed E-state index contributed by atoms with van der Waals surface area (Å²) in [7, 11) is 1.88. The van der Waals surface area contributed by atoms with Gasteiger partial charge in [-0.05, 0) is 24.1 Å². The van der Waals surface area contributed by atoms with E-state index < -0.39 is 0 Å². The highest BCUT2D eigenvalue weighted by Gasteiger charge is 2.11. The quantitative estimate of drug-likeness (QED) is 0.854. The lowest BCUT2D eigenvalue weighted by Gasteiger charge is -2.12. The van der Waals surface area contributed by atoms with Crippen molar-refractivity contribution in [2.75, 3.05) is 12.4 Å². The maximum Gasteiger partial charge on any atom is 0.0913 e. The summed E-state index contributed by atoms with van der Waals surface area (Å²) >= 11 is 12.2. The zero-order valence-corrected chi connectivity index (χ0v) is 11.5. The third-order valence-electron chi connectivity index (χ3n) is 2.71. The number of halogens is 2. The Balaban J connectivity index is 2.82. The molecule has 17 heavy (non-hydrogen) atoms. The topological polar surface area (TPSA) is 24.9 Å². The maximum atomic E-state index is 6.19. The highest BCUT2D eigenvalue weighted by atomic mass is 35.5. The van der Waals surface area contributed by atoms with Crippen LogP contribution in [0.2, 0.25) is 10.0 Å². The van der Waals surface area contributed by atoms with Crippen LogP contribution in [-0.2, 0) is 0 Å². The molecule has 0 aliphatic rings. The zero-order chi connectivity index (χ0) is 12.6. The summed E-state index contributed by atoms with van der Waals surface area (Å²) in [6.07, 6.45) is 0. The van der Waals surface area contributed by atoms with Crippen molar-refractivity contribution in [3.63, 3.8) is 0 Å². The second-order valence-corrected chi connectivity index (χ2v) is 5.13. The molecule has 2 aromatic rings. The largest absolute Gasteiger partial charge is 0.388 e. The van der Waals surface area contributed by atoms with Gasteiger partial charge in [0.1, 0.15) is 0 Å². The molecule has 2 rings (SSSR count). The Morgan fingerprint density at radius 2 is 1.88 bits per heavy atom. The first-order valence-corrected chi connectivity index (χ1v) is 6.26. The third kappa shape index (κ3) is 2.33. The van der Waals surface area contributed by atoms with Crippen LogP contribution in [0.5, 0.6) is 0 Å². The molecule has 0 bridgehead atoms. The molecule has 2 nitrogen and oxygen atoms in total. The van der Waals surface area contributed by atoms with Crippen molar-refractivity contribution >= 4 is 39.8 Å². The molecule has 0 fully saturated rings. The van der Waals surface area contributed by atoms with Gasteiger partial charge in [0.15, 0.2) is 0 Å². The van der Waals surface area contributed by atoms with Crippen LogP contribution in [-0.4, -0.2) is 12.0 Å². The fourth-order valence-electron chi connectivity index (χ4n) is 1.77. The minimum atomic E-state index is 0.359. The molecule has 0 saturated carbocycles. The van der Waals surface area contributed by atoms with Crippen LogP contribution in [0.15, 0.2) is 18.2 Å². The lowest BCUT2D eigenvalue weighted by molar-refractivity contribution is 0.830. The summed E-state index contributed by atoms with van der Waals surface area (Å²) in [5.74, 6) is 0.359. The molecular weight excluding hydrogens is 255 g/mol. The number of nitrogens with one attached hydrogen (secondary N) is 1. The van der Waals surface area contributed by atoms with E-state index in [1.807, 2.05) is 19.2 Å². The number of aromatic nitrogens is 1. The van der Waals surface area contributed by atoms with Crippen molar-refractivity contribution < 1.29 is 0 Å². The molecule has 1 aromatic carbocycles. The molecule has 0 spiro atoms. The van der Waals surface area contributed by atoms with Crippen LogP contribution in [0.1, 0.15) is 25.5 Å². The molecule has 0 aliphatic heterocycles. The van der Waals surface area contributed by atoms with Crippen molar-refractivity contribution in [2.24, 2.45) is 0 Å². The van der Waals surface area contributed by atoms with Crippen molar-refractivity contribution in [3.05, 3.63) is 33.9 Å². The Bertz CT molecular complexity index is 565. The minimum Gasteiger partial charge on any atom is -0.388 e. The molecule has 0 atom stereocenters. The molecule has 0 saturated heterocycles. The Hall–Kier alpha value is -0.990. The van der Waals surface area contributed by atoms with Gasteiger partial charge in [0.2, 0.25) is 0 Å². The van der Waals surface area contributed by atoms with E-state index in [1.165, 1.54) is 0 Å². The van der Waals surface area contributed by atoms with E-state index >= 15 is 0 Å². The van der Waals surface area contributed by atoms with Gasteiger partial charge in [-0.25, -0.2) is 0 Å². The SMILES string of the molecule is CNc1cc(C(C)C)nc2c(Cl)cc(Cl)cc12. The van der Waals surface area contributed by atoms with E-state index in [0.717, 1.165) is 22.3 Å². The maximum absolute atomic E-state index is 6.19. The molecule has 0 radical (unpaired) electrons. The number of anilines is 1. The predicted octanol–water partition coefficient (Wildman–Crippen LogP) is 4.71. The number of fused-ring (bicyclic) bond motifs is 1. The first-order chi connectivity index (χ1) is 8.02. The molecule has 1 N–H and O–H groups in total. The Kier molecular flexibility index (Phi) is 3.45. The predicted molar refractivity (Wildman–Crippen MR) is 75.4 cm³/mol. The van der Waals surface area contributed by atoms with E-state index in [2.05, 4.69) is 24.1 Å². The van der Waals surface area contributed by atoms with Gasteiger partial charge >= 0.3 is 0 Å². The molecule has 0 aliphatic carbocycles. The number of rotatable bonds is 2. The van der Waals surface area contributed by atoms with E-state index in [4.69, 9.17) is 23.2 Å². The molecule has 90 valence electrons. The molecule has 0 unspecified atom stereocenters. The van der Waals surface area contributed by atoms with Gasteiger partial charge < -0.3 is 5.32 Å². The van der Waals surface area contributed by atoms with Gasteiger partial charge in [-0.15, -0.1) is 0 Å². The van der Waals surface area contributed by atoms with Crippen LogP contribution >= 0.6 is 23.2 Å². The van der Waals surface area contributed by atoms with Crippen molar-refractivity contribution in [1.29, 1.82) is 0 Å². The number of benzene rings is 1. The summed E-state index contributed by atoms with van der Waals surface area (Å²) in [5, 5.41) is 5.33. The summed E-state index contributed by atoms with van der Waals surface area (Å²) in [5.41, 5.74) is 2.82. The summed E-state index contributed by atoms with van der Waals surface area (Å²) in [6.45, 7) is 4.22. The number of hydrogen-bond donors (Lipinski definition) is 1. The Labute approximate surface area is 111 Å². The van der Waals surface area contributed by atoms with Crippen LogP contribution < -0.4 is 5.32 Å². The average Bonchev–Trinajstić information content (AvgIpc) is 2.27. The normalized spacial score (nSPS) is 11.2. The summed E-state index contributed by atoms with van der Waals surface area (Å²) < 4.78 is 0. The summed E-state index contributed by atoms with van der Waals surface area (Å²) in [4.78, 5) is 4.59. The van der Waals surface area contributed by atoms with Crippen LogP contribution in [0.3, 0.4) is 0 Å². The van der Waals surface area contributed by atoms with E-state index in [0.29, 0.717) is 16.0 Å². The zero-order valence-electron chi connectivity index (χ0n) is 10.0. The Morgan fingerprint density at radius 3 is 2.47 bits per heavy atom. The highest BCUT2D eigenvalue weighted by molar-refractivity contribution is 6.38. The smallest absolute Gasteiger partial charge is 0.0913 e. The van der Waals surface area contributed by atoms with Crippen molar-refractivity contribution in [3.8, 4) is 0 Å². The van der Waals surface area contributed by atoms with Crippen LogP contribution in [0.4, 0.5) is 5.69 Å².